The second-order valence-corrected chi connectivity index (χ2v) is 5.31. The molecule has 1 aromatic heterocycles. The Kier molecular flexibility index (Phi) is 3.05. The third kappa shape index (κ3) is 2.12. The van der Waals surface area contributed by atoms with Crippen molar-refractivity contribution in [3.8, 4) is 6.07 Å². The molecule has 1 saturated heterocycles. The van der Waals surface area contributed by atoms with E-state index in [9.17, 15) is 4.79 Å². The maximum Gasteiger partial charge on any atom is 0.263 e. The SMILES string of the molecule is Cc1c(/C=C2/SC(=S)NC2=O)cc(C#N)n1C. The number of amides is 1. The van der Waals surface area contributed by atoms with Crippen LogP contribution in [0.2, 0.25) is 0 Å². The number of carbonyl (C=O) groups excluding carboxylic acids is 1. The minimum Gasteiger partial charge on any atom is -0.339 e. The highest BCUT2D eigenvalue weighted by Gasteiger charge is 2.22. The van der Waals surface area contributed by atoms with Gasteiger partial charge in [0.1, 0.15) is 16.1 Å². The Labute approximate surface area is 108 Å². The molecule has 0 bridgehead atoms. The number of nitriles is 1. The van der Waals surface area contributed by atoms with E-state index in [1.54, 1.807) is 16.7 Å². The molecule has 0 radical (unpaired) electrons. The highest BCUT2D eigenvalue weighted by Crippen LogP contribution is 2.27. The summed E-state index contributed by atoms with van der Waals surface area (Å²) in [5, 5.41) is 11.5. The molecule has 2 heterocycles. The summed E-state index contributed by atoms with van der Waals surface area (Å²) in [5.41, 5.74) is 2.38. The Balaban J connectivity index is 2.44. The standard InChI is InChI=1S/C11H9N3OS2/c1-6-7(3-8(5-12)14(6)2)4-9-10(15)13-11(16)17-9/h3-4H,1-2H3,(H,13,15,16)/b9-4+. The van der Waals surface area contributed by atoms with E-state index >= 15 is 0 Å². The van der Waals surface area contributed by atoms with E-state index in [4.69, 9.17) is 17.5 Å². The van der Waals surface area contributed by atoms with E-state index in [1.165, 1.54) is 11.8 Å². The number of carbonyl (C=O) groups is 1. The Morgan fingerprint density at radius 2 is 2.35 bits per heavy atom. The average molecular weight is 263 g/mol. The molecule has 1 N–H and O–H groups in total. The van der Waals surface area contributed by atoms with Crippen LogP contribution in [0.4, 0.5) is 0 Å². The number of rotatable bonds is 1. The molecule has 1 fully saturated rings. The molecule has 86 valence electrons. The van der Waals surface area contributed by atoms with Gasteiger partial charge in [0.05, 0.1) is 4.91 Å². The number of hydrogen-bond donors (Lipinski definition) is 1. The summed E-state index contributed by atoms with van der Waals surface area (Å²) in [7, 11) is 1.82. The van der Waals surface area contributed by atoms with Gasteiger partial charge in [0.25, 0.3) is 5.91 Å². The van der Waals surface area contributed by atoms with Gasteiger partial charge in [0.15, 0.2) is 0 Å². The first-order valence-corrected chi connectivity index (χ1v) is 6.06. The fourth-order valence-corrected chi connectivity index (χ4v) is 2.57. The van der Waals surface area contributed by atoms with Crippen LogP contribution in [0, 0.1) is 18.3 Å². The lowest BCUT2D eigenvalue weighted by Gasteiger charge is -1.98. The van der Waals surface area contributed by atoms with Crippen molar-refractivity contribution in [1.82, 2.24) is 9.88 Å². The second kappa shape index (κ2) is 4.35. The first-order valence-electron chi connectivity index (χ1n) is 4.84. The molecule has 0 aromatic carbocycles. The van der Waals surface area contributed by atoms with Crippen LogP contribution in [0.1, 0.15) is 17.0 Å². The van der Waals surface area contributed by atoms with Gasteiger partial charge in [-0.25, -0.2) is 0 Å². The summed E-state index contributed by atoms with van der Waals surface area (Å²) in [6, 6.07) is 3.86. The van der Waals surface area contributed by atoms with E-state index in [0.717, 1.165) is 11.3 Å². The highest BCUT2D eigenvalue weighted by atomic mass is 32.2. The van der Waals surface area contributed by atoms with Crippen LogP contribution >= 0.6 is 24.0 Å². The van der Waals surface area contributed by atoms with Crippen molar-refractivity contribution in [2.75, 3.05) is 0 Å². The molecule has 17 heavy (non-hydrogen) atoms. The number of aromatic nitrogens is 1. The van der Waals surface area contributed by atoms with Gasteiger partial charge in [-0.15, -0.1) is 0 Å². The van der Waals surface area contributed by atoms with Crippen molar-refractivity contribution >= 4 is 40.3 Å². The van der Waals surface area contributed by atoms with Gasteiger partial charge in [0, 0.05) is 12.7 Å². The monoisotopic (exact) mass is 263 g/mol. The smallest absolute Gasteiger partial charge is 0.263 e. The zero-order valence-electron chi connectivity index (χ0n) is 9.27. The molecule has 0 spiro atoms. The first-order chi connectivity index (χ1) is 8.02. The zero-order chi connectivity index (χ0) is 12.6. The average Bonchev–Trinajstić information content (AvgIpc) is 2.73. The predicted molar refractivity (Wildman–Crippen MR) is 71.2 cm³/mol. The fourth-order valence-electron chi connectivity index (χ4n) is 1.54. The molecular formula is C11H9N3OS2. The van der Waals surface area contributed by atoms with Crippen LogP contribution in [-0.2, 0) is 11.8 Å². The van der Waals surface area contributed by atoms with Crippen molar-refractivity contribution in [3.63, 3.8) is 0 Å². The van der Waals surface area contributed by atoms with E-state index in [-0.39, 0.29) is 5.91 Å². The maximum absolute atomic E-state index is 11.5. The summed E-state index contributed by atoms with van der Waals surface area (Å²) in [6.07, 6.45) is 1.76. The molecular weight excluding hydrogens is 254 g/mol. The van der Waals surface area contributed by atoms with Crippen LogP contribution in [-0.4, -0.2) is 14.8 Å². The molecule has 1 aliphatic rings. The molecule has 0 atom stereocenters. The van der Waals surface area contributed by atoms with Gasteiger partial charge in [-0.05, 0) is 24.6 Å². The summed E-state index contributed by atoms with van der Waals surface area (Å²) in [4.78, 5) is 12.1. The summed E-state index contributed by atoms with van der Waals surface area (Å²) >= 11 is 6.15. The normalized spacial score (nSPS) is 17.4. The largest absolute Gasteiger partial charge is 0.339 e. The summed E-state index contributed by atoms with van der Waals surface area (Å²) in [6.45, 7) is 1.91. The van der Waals surface area contributed by atoms with Crippen molar-refractivity contribution < 1.29 is 4.79 Å². The van der Waals surface area contributed by atoms with E-state index in [2.05, 4.69) is 11.4 Å². The minimum atomic E-state index is -0.179. The third-order valence-corrected chi connectivity index (χ3v) is 3.78. The molecule has 0 unspecified atom stereocenters. The maximum atomic E-state index is 11.5. The first kappa shape index (κ1) is 11.9. The Morgan fingerprint density at radius 1 is 1.65 bits per heavy atom. The van der Waals surface area contributed by atoms with Gasteiger partial charge in [-0.2, -0.15) is 5.26 Å². The lowest BCUT2D eigenvalue weighted by molar-refractivity contribution is -0.115. The summed E-state index contributed by atoms with van der Waals surface area (Å²) < 4.78 is 2.26. The van der Waals surface area contributed by atoms with Crippen molar-refractivity contribution in [2.24, 2.45) is 7.05 Å². The van der Waals surface area contributed by atoms with Crippen LogP contribution in [0.3, 0.4) is 0 Å². The fraction of sp³-hybridized carbons (Fsp3) is 0.182. The van der Waals surface area contributed by atoms with Gasteiger partial charge < -0.3 is 9.88 Å². The van der Waals surface area contributed by atoms with Crippen molar-refractivity contribution in [3.05, 3.63) is 27.9 Å². The third-order valence-electron chi connectivity index (χ3n) is 2.62. The molecule has 1 aromatic rings. The van der Waals surface area contributed by atoms with Crippen molar-refractivity contribution in [2.45, 2.75) is 6.92 Å². The van der Waals surface area contributed by atoms with Crippen LogP contribution < -0.4 is 5.32 Å². The number of thioether (sulfide) groups is 1. The van der Waals surface area contributed by atoms with Crippen LogP contribution in [0.15, 0.2) is 11.0 Å². The Bertz CT molecular complexity index is 593. The molecule has 2 rings (SSSR count). The molecule has 6 heteroatoms. The molecule has 1 amide bonds. The lowest BCUT2D eigenvalue weighted by Crippen LogP contribution is -2.17. The zero-order valence-corrected chi connectivity index (χ0v) is 10.9. The van der Waals surface area contributed by atoms with E-state index in [1.807, 2.05) is 14.0 Å². The van der Waals surface area contributed by atoms with E-state index in [0.29, 0.717) is 14.9 Å². The number of nitrogens with zero attached hydrogens (tertiary/aromatic N) is 2. The second-order valence-electron chi connectivity index (χ2n) is 3.59. The molecule has 0 aliphatic carbocycles. The molecule has 4 nitrogen and oxygen atoms in total. The Hall–Kier alpha value is -1.58. The highest BCUT2D eigenvalue weighted by molar-refractivity contribution is 8.26. The lowest BCUT2D eigenvalue weighted by atomic mass is 10.2. The van der Waals surface area contributed by atoms with Crippen LogP contribution in [0.25, 0.3) is 6.08 Å². The topological polar surface area (TPSA) is 57.8 Å². The van der Waals surface area contributed by atoms with Gasteiger partial charge in [0.2, 0.25) is 0 Å². The van der Waals surface area contributed by atoms with Gasteiger partial charge >= 0.3 is 0 Å². The van der Waals surface area contributed by atoms with Crippen LogP contribution in [0.5, 0.6) is 0 Å². The summed E-state index contributed by atoms with van der Waals surface area (Å²) in [5.74, 6) is -0.179. The molecule has 1 aliphatic heterocycles. The quantitative estimate of drug-likeness (QED) is 0.619. The number of hydrogen-bond acceptors (Lipinski definition) is 4. The number of thiocarbonyl (C=S) groups is 1. The van der Waals surface area contributed by atoms with Gasteiger partial charge in [-0.1, -0.05) is 24.0 Å². The van der Waals surface area contributed by atoms with E-state index < -0.39 is 0 Å². The number of nitrogens with one attached hydrogen (secondary N) is 1. The van der Waals surface area contributed by atoms with Gasteiger partial charge in [-0.3, -0.25) is 4.79 Å². The Morgan fingerprint density at radius 3 is 2.82 bits per heavy atom. The minimum absolute atomic E-state index is 0.179. The van der Waals surface area contributed by atoms with Crippen molar-refractivity contribution in [1.29, 1.82) is 5.26 Å². The predicted octanol–water partition coefficient (Wildman–Crippen LogP) is 1.69. The molecule has 0 saturated carbocycles.